The van der Waals surface area contributed by atoms with Crippen LogP contribution in [0.2, 0.25) is 0 Å². The van der Waals surface area contributed by atoms with Gasteiger partial charge < -0.3 is 10.6 Å². The highest BCUT2D eigenvalue weighted by atomic mass is 35.5. The lowest BCUT2D eigenvalue weighted by atomic mass is 10.2. The summed E-state index contributed by atoms with van der Waals surface area (Å²) < 4.78 is 0. The summed E-state index contributed by atoms with van der Waals surface area (Å²) in [4.78, 5) is 23.1. The van der Waals surface area contributed by atoms with Gasteiger partial charge >= 0.3 is 0 Å². The summed E-state index contributed by atoms with van der Waals surface area (Å²) in [7, 11) is 1.79. The predicted molar refractivity (Wildman–Crippen MR) is 90.2 cm³/mol. The highest BCUT2D eigenvalue weighted by Gasteiger charge is 2.12. The monoisotopic (exact) mass is 348 g/mol. The Hall–Kier alpha value is -1.37. The van der Waals surface area contributed by atoms with E-state index in [0.717, 1.165) is 15.6 Å². The molecule has 0 spiro atoms. The van der Waals surface area contributed by atoms with Crippen LogP contribution >= 0.6 is 36.2 Å². The van der Waals surface area contributed by atoms with Gasteiger partial charge in [-0.05, 0) is 19.1 Å². The molecule has 0 bridgehead atoms. The zero-order chi connectivity index (χ0) is 13.8. The number of aromatic nitrogens is 2. The van der Waals surface area contributed by atoms with Crippen LogP contribution in [0.5, 0.6) is 0 Å². The number of nitrogen functional groups attached to an aromatic ring is 1. The first-order valence-electron chi connectivity index (χ1n) is 5.90. The predicted octanol–water partition coefficient (Wildman–Crippen LogP) is 2.47. The van der Waals surface area contributed by atoms with Crippen molar-refractivity contribution in [3.8, 4) is 0 Å². The van der Waals surface area contributed by atoms with Crippen molar-refractivity contribution >= 4 is 47.7 Å². The summed E-state index contributed by atoms with van der Waals surface area (Å²) in [5.41, 5.74) is 6.89. The first kappa shape index (κ1) is 19.6. The Morgan fingerprint density at radius 1 is 1.29 bits per heavy atom. The van der Waals surface area contributed by atoms with Crippen molar-refractivity contribution < 1.29 is 4.79 Å². The van der Waals surface area contributed by atoms with Gasteiger partial charge in [0.05, 0.1) is 29.9 Å². The van der Waals surface area contributed by atoms with E-state index in [4.69, 9.17) is 5.73 Å². The number of rotatable bonds is 4. The van der Waals surface area contributed by atoms with Gasteiger partial charge in [-0.3, -0.25) is 9.78 Å². The van der Waals surface area contributed by atoms with E-state index in [2.05, 4.69) is 9.97 Å². The number of thiazole rings is 1. The van der Waals surface area contributed by atoms with Crippen LogP contribution in [-0.2, 0) is 17.8 Å². The molecule has 8 heteroatoms. The molecule has 2 aromatic heterocycles. The maximum Gasteiger partial charge on any atom is 0.228 e. The number of nitrogens with two attached hydrogens (primary N) is 1. The summed E-state index contributed by atoms with van der Waals surface area (Å²) in [5.74, 6) is 0.0309. The molecule has 0 aliphatic carbocycles. The van der Waals surface area contributed by atoms with Crippen molar-refractivity contribution in [2.24, 2.45) is 0 Å². The highest BCUT2D eigenvalue weighted by molar-refractivity contribution is 7.11. The summed E-state index contributed by atoms with van der Waals surface area (Å²) >= 11 is 1.60. The number of hydrogen-bond acceptors (Lipinski definition) is 5. The molecular weight excluding hydrogens is 331 g/mol. The van der Waals surface area contributed by atoms with Crippen LogP contribution in [0.3, 0.4) is 0 Å². The van der Waals surface area contributed by atoms with Crippen molar-refractivity contribution in [2.75, 3.05) is 12.8 Å². The first-order valence-corrected chi connectivity index (χ1v) is 6.72. The van der Waals surface area contributed by atoms with Crippen molar-refractivity contribution in [3.05, 3.63) is 40.1 Å². The van der Waals surface area contributed by atoms with E-state index in [1.165, 1.54) is 0 Å². The first-order chi connectivity index (χ1) is 9.04. The summed E-state index contributed by atoms with van der Waals surface area (Å²) in [6.07, 6.45) is 3.66. The summed E-state index contributed by atoms with van der Waals surface area (Å²) in [6.45, 7) is 2.54. The standard InChI is InChI=1S/C13H16N4OS.2ClH/c1-9-15-7-12(19-9)8-17(2)13(18)5-11-4-3-10(14)6-16-11;;/h3-4,6-7H,5,8,14H2,1-2H3;2*1H. The van der Waals surface area contributed by atoms with Crippen LogP contribution in [-0.4, -0.2) is 27.8 Å². The number of halogens is 2. The van der Waals surface area contributed by atoms with E-state index < -0.39 is 0 Å². The smallest absolute Gasteiger partial charge is 0.228 e. The van der Waals surface area contributed by atoms with Crippen molar-refractivity contribution in [3.63, 3.8) is 0 Å². The number of anilines is 1. The van der Waals surface area contributed by atoms with Crippen LogP contribution < -0.4 is 5.73 Å². The van der Waals surface area contributed by atoms with Gasteiger partial charge in [0, 0.05) is 23.8 Å². The number of pyridine rings is 1. The van der Waals surface area contributed by atoms with E-state index in [-0.39, 0.29) is 37.1 Å². The molecule has 0 fully saturated rings. The van der Waals surface area contributed by atoms with Crippen LogP contribution in [0.4, 0.5) is 5.69 Å². The topological polar surface area (TPSA) is 72.1 Å². The molecule has 0 unspecified atom stereocenters. The number of hydrogen-bond donors (Lipinski definition) is 1. The molecule has 116 valence electrons. The summed E-state index contributed by atoms with van der Waals surface area (Å²) in [6, 6.07) is 3.53. The number of likely N-dealkylation sites (N-methyl/N-ethyl adjacent to an activating group) is 1. The Balaban J connectivity index is 0.00000200. The second-order valence-electron chi connectivity index (χ2n) is 4.36. The Kier molecular flexibility index (Phi) is 8.24. The lowest BCUT2D eigenvalue weighted by Crippen LogP contribution is -2.27. The minimum atomic E-state index is 0. The van der Waals surface area contributed by atoms with Gasteiger partial charge in [0.2, 0.25) is 5.91 Å². The molecule has 2 heterocycles. The molecule has 0 aliphatic rings. The van der Waals surface area contributed by atoms with E-state index in [1.54, 1.807) is 41.6 Å². The number of carbonyl (C=O) groups excluding carboxylic acids is 1. The maximum absolute atomic E-state index is 12.0. The van der Waals surface area contributed by atoms with E-state index >= 15 is 0 Å². The normalized spacial score (nSPS) is 9.43. The van der Waals surface area contributed by atoms with Crippen molar-refractivity contribution in [2.45, 2.75) is 19.9 Å². The van der Waals surface area contributed by atoms with Gasteiger partial charge in [-0.2, -0.15) is 0 Å². The van der Waals surface area contributed by atoms with Crippen LogP contribution in [0.25, 0.3) is 0 Å². The zero-order valence-electron chi connectivity index (χ0n) is 11.8. The minimum Gasteiger partial charge on any atom is -0.397 e. The molecule has 0 radical (unpaired) electrons. The van der Waals surface area contributed by atoms with Crippen LogP contribution in [0, 0.1) is 6.92 Å². The third kappa shape index (κ3) is 5.87. The Bertz CT molecular complexity index is 574. The average molecular weight is 349 g/mol. The molecule has 2 N–H and O–H groups in total. The quantitative estimate of drug-likeness (QED) is 0.920. The summed E-state index contributed by atoms with van der Waals surface area (Å²) in [5, 5.41) is 1.01. The van der Waals surface area contributed by atoms with E-state index in [1.807, 2.05) is 13.1 Å². The lowest BCUT2D eigenvalue weighted by Gasteiger charge is -2.15. The molecule has 0 saturated carbocycles. The largest absolute Gasteiger partial charge is 0.397 e. The Morgan fingerprint density at radius 2 is 2.00 bits per heavy atom. The van der Waals surface area contributed by atoms with Gasteiger partial charge in [0.1, 0.15) is 0 Å². The van der Waals surface area contributed by atoms with E-state index in [9.17, 15) is 4.79 Å². The number of aryl methyl sites for hydroxylation is 1. The zero-order valence-corrected chi connectivity index (χ0v) is 14.2. The van der Waals surface area contributed by atoms with Gasteiger partial charge in [-0.25, -0.2) is 4.98 Å². The molecular formula is C13H18Cl2N4OS. The van der Waals surface area contributed by atoms with Gasteiger partial charge in [-0.1, -0.05) is 0 Å². The van der Waals surface area contributed by atoms with Crippen molar-refractivity contribution in [1.29, 1.82) is 0 Å². The molecule has 5 nitrogen and oxygen atoms in total. The second kappa shape index (κ2) is 8.81. The van der Waals surface area contributed by atoms with Crippen LogP contribution in [0.1, 0.15) is 15.6 Å². The number of amides is 1. The molecule has 2 rings (SSSR count). The second-order valence-corrected chi connectivity index (χ2v) is 5.67. The third-order valence-electron chi connectivity index (χ3n) is 2.67. The van der Waals surface area contributed by atoms with Crippen molar-refractivity contribution in [1.82, 2.24) is 14.9 Å². The van der Waals surface area contributed by atoms with Gasteiger partial charge in [0.25, 0.3) is 0 Å². The van der Waals surface area contributed by atoms with Crippen LogP contribution in [0.15, 0.2) is 24.5 Å². The molecule has 2 aromatic rings. The molecule has 0 saturated heterocycles. The average Bonchev–Trinajstić information content (AvgIpc) is 2.77. The fraction of sp³-hybridized carbons (Fsp3) is 0.308. The third-order valence-corrected chi connectivity index (χ3v) is 3.57. The molecule has 0 aliphatic heterocycles. The fourth-order valence-electron chi connectivity index (χ4n) is 1.63. The molecule has 1 amide bonds. The number of nitrogens with zero attached hydrogens (tertiary/aromatic N) is 3. The van der Waals surface area contributed by atoms with E-state index in [0.29, 0.717) is 12.2 Å². The highest BCUT2D eigenvalue weighted by Crippen LogP contribution is 2.14. The maximum atomic E-state index is 12.0. The van der Waals surface area contributed by atoms with Gasteiger partial charge in [0.15, 0.2) is 0 Å². The Labute approximate surface area is 140 Å². The molecule has 21 heavy (non-hydrogen) atoms. The number of carbonyl (C=O) groups is 1. The SMILES string of the molecule is Cc1ncc(CN(C)C(=O)Cc2ccc(N)cn2)s1.Cl.Cl. The fourth-order valence-corrected chi connectivity index (χ4v) is 2.48. The van der Waals surface area contributed by atoms with Gasteiger partial charge in [-0.15, -0.1) is 36.2 Å². The molecule has 0 aromatic carbocycles. The Morgan fingerprint density at radius 3 is 2.52 bits per heavy atom. The minimum absolute atomic E-state index is 0. The lowest BCUT2D eigenvalue weighted by molar-refractivity contribution is -0.129. The molecule has 0 atom stereocenters.